The minimum atomic E-state index is -1.60. The van der Waals surface area contributed by atoms with E-state index >= 15 is 0 Å². The second-order valence-corrected chi connectivity index (χ2v) is 13.0. The van der Waals surface area contributed by atoms with Crippen LogP contribution < -0.4 is 0 Å². The van der Waals surface area contributed by atoms with Crippen LogP contribution in [0, 0.1) is 0 Å². The van der Waals surface area contributed by atoms with E-state index in [2.05, 4.69) is 68.5 Å². The molecule has 10 heteroatoms. The molecule has 0 bridgehead atoms. The Bertz CT molecular complexity index is 1080. The van der Waals surface area contributed by atoms with E-state index in [-0.39, 0.29) is 26.1 Å². The molecule has 0 aromatic carbocycles. The summed E-state index contributed by atoms with van der Waals surface area (Å²) in [4.78, 5) is 25.2. The summed E-state index contributed by atoms with van der Waals surface area (Å²) in [7, 11) is 0. The Kier molecular flexibility index (Phi) is 29.7. The van der Waals surface area contributed by atoms with Gasteiger partial charge in [-0.3, -0.25) is 9.59 Å². The highest BCUT2D eigenvalue weighted by atomic mass is 16.7. The molecule has 1 heterocycles. The fourth-order valence-electron chi connectivity index (χ4n) is 5.32. The molecule has 1 aliphatic heterocycles. The maximum absolute atomic E-state index is 12.7. The fourth-order valence-corrected chi connectivity index (χ4v) is 5.32. The molecule has 1 rings (SSSR count). The van der Waals surface area contributed by atoms with Gasteiger partial charge in [-0.15, -0.1) is 0 Å². The Labute approximate surface area is 313 Å². The third kappa shape index (κ3) is 24.4. The zero-order chi connectivity index (χ0) is 38.1. The summed E-state index contributed by atoms with van der Waals surface area (Å²) in [5.41, 5.74) is 0. The van der Waals surface area contributed by atoms with Gasteiger partial charge in [0.2, 0.25) is 0 Å². The first-order valence-electron chi connectivity index (χ1n) is 19.5. The van der Waals surface area contributed by atoms with Gasteiger partial charge >= 0.3 is 11.9 Å². The Morgan fingerprint density at radius 2 is 1.17 bits per heavy atom. The summed E-state index contributed by atoms with van der Waals surface area (Å²) in [6, 6.07) is 0. The number of carbonyl (C=O) groups is 2. The van der Waals surface area contributed by atoms with Crippen LogP contribution >= 0.6 is 0 Å². The number of hydrogen-bond donors (Lipinski definition) is 4. The summed E-state index contributed by atoms with van der Waals surface area (Å²) in [6.07, 6.45) is 32.0. The molecular weight excluding hydrogens is 664 g/mol. The smallest absolute Gasteiger partial charge is 0.306 e. The SMILES string of the molecule is CC/C=C/C=C/C=C/CCCCCCCC(=O)OC(COC(=O)CCCCCC/C=C/C/C=C/C/C=C/CC)CO[C@H]1O[C@@H](CO)[C@@H](O)C(O)C1O. The number of hydrogen-bond acceptors (Lipinski definition) is 10. The average Bonchev–Trinajstić information content (AvgIpc) is 3.14. The van der Waals surface area contributed by atoms with Gasteiger partial charge in [-0.1, -0.05) is 119 Å². The van der Waals surface area contributed by atoms with Gasteiger partial charge in [0.25, 0.3) is 0 Å². The standard InChI is InChI=1S/C42H68O10/c1-3-5-7-9-11-13-15-17-19-20-22-24-26-28-30-37(44)49-33-35(34-50-42-41(48)40(47)39(46)36(32-43)52-42)51-38(45)31-29-27-25-23-21-18-16-14-12-10-8-6-4-2/h5-8,10-14,16-17,19,35-36,39-43,46-48H,3-4,9,15,18,20-34H2,1-2H3/b7-5+,8-6+,12-10+,13-11+,16-14+,19-17+/t35?,36-,39+,40?,41?,42-/m0/s1. The first-order valence-corrected chi connectivity index (χ1v) is 19.5. The van der Waals surface area contributed by atoms with E-state index in [0.29, 0.717) is 12.8 Å². The van der Waals surface area contributed by atoms with Crippen molar-refractivity contribution < 1.29 is 49.0 Å². The summed E-state index contributed by atoms with van der Waals surface area (Å²) < 4.78 is 22.0. The molecule has 1 aliphatic rings. The Hall–Kier alpha value is -2.86. The predicted molar refractivity (Wildman–Crippen MR) is 205 cm³/mol. The maximum atomic E-state index is 12.7. The minimum Gasteiger partial charge on any atom is -0.462 e. The van der Waals surface area contributed by atoms with Gasteiger partial charge in [-0.05, 0) is 64.2 Å². The molecule has 0 aromatic heterocycles. The zero-order valence-corrected chi connectivity index (χ0v) is 31.8. The summed E-state index contributed by atoms with van der Waals surface area (Å²) in [5, 5.41) is 39.9. The van der Waals surface area contributed by atoms with Gasteiger partial charge in [0.05, 0.1) is 13.2 Å². The number of allylic oxidation sites excluding steroid dienone is 12. The molecule has 1 fully saturated rings. The van der Waals surface area contributed by atoms with Crippen LogP contribution in [0.1, 0.15) is 123 Å². The third-order valence-corrected chi connectivity index (χ3v) is 8.40. The van der Waals surface area contributed by atoms with E-state index < -0.39 is 55.4 Å². The molecule has 4 N–H and O–H groups in total. The van der Waals surface area contributed by atoms with Crippen molar-refractivity contribution in [3.63, 3.8) is 0 Å². The van der Waals surface area contributed by atoms with E-state index in [1.165, 1.54) is 0 Å². The Balaban J connectivity index is 2.43. The van der Waals surface area contributed by atoms with Crippen molar-refractivity contribution >= 4 is 11.9 Å². The van der Waals surface area contributed by atoms with E-state index in [0.717, 1.165) is 83.5 Å². The largest absolute Gasteiger partial charge is 0.462 e. The van der Waals surface area contributed by atoms with Crippen molar-refractivity contribution in [2.45, 2.75) is 160 Å². The molecule has 0 spiro atoms. The van der Waals surface area contributed by atoms with Crippen molar-refractivity contribution in [3.05, 3.63) is 72.9 Å². The van der Waals surface area contributed by atoms with Crippen molar-refractivity contribution in [1.29, 1.82) is 0 Å². The van der Waals surface area contributed by atoms with E-state index in [1.54, 1.807) is 0 Å². The van der Waals surface area contributed by atoms with Crippen LogP contribution in [0.2, 0.25) is 0 Å². The van der Waals surface area contributed by atoms with Crippen molar-refractivity contribution in [1.82, 2.24) is 0 Å². The van der Waals surface area contributed by atoms with Crippen molar-refractivity contribution in [2.75, 3.05) is 19.8 Å². The molecule has 296 valence electrons. The van der Waals surface area contributed by atoms with Gasteiger partial charge in [0.1, 0.15) is 31.0 Å². The van der Waals surface area contributed by atoms with Crippen LogP contribution in [-0.4, -0.2) is 89.0 Å². The number of aliphatic hydroxyl groups is 4. The van der Waals surface area contributed by atoms with Gasteiger partial charge < -0.3 is 39.4 Å². The number of unbranched alkanes of at least 4 members (excludes halogenated alkanes) is 9. The first kappa shape index (κ1) is 47.2. The lowest BCUT2D eigenvalue weighted by Crippen LogP contribution is -2.59. The summed E-state index contributed by atoms with van der Waals surface area (Å²) >= 11 is 0. The number of carbonyl (C=O) groups excluding carboxylic acids is 2. The zero-order valence-electron chi connectivity index (χ0n) is 31.8. The van der Waals surface area contributed by atoms with Crippen molar-refractivity contribution in [3.8, 4) is 0 Å². The topological polar surface area (TPSA) is 152 Å². The van der Waals surface area contributed by atoms with Gasteiger partial charge in [0, 0.05) is 12.8 Å². The van der Waals surface area contributed by atoms with Crippen LogP contribution in [-0.2, 0) is 28.5 Å². The van der Waals surface area contributed by atoms with Gasteiger partial charge in [-0.2, -0.15) is 0 Å². The highest BCUT2D eigenvalue weighted by molar-refractivity contribution is 5.70. The second kappa shape index (κ2) is 32.8. The van der Waals surface area contributed by atoms with Gasteiger partial charge in [0.15, 0.2) is 12.4 Å². The number of aliphatic hydroxyl groups excluding tert-OH is 4. The molecule has 0 aliphatic carbocycles. The second-order valence-electron chi connectivity index (χ2n) is 13.0. The highest BCUT2D eigenvalue weighted by Crippen LogP contribution is 2.22. The van der Waals surface area contributed by atoms with Crippen LogP contribution in [0.5, 0.6) is 0 Å². The molecule has 6 atom stereocenters. The minimum absolute atomic E-state index is 0.197. The molecule has 0 amide bonds. The monoisotopic (exact) mass is 732 g/mol. The molecule has 1 saturated heterocycles. The quantitative estimate of drug-likeness (QED) is 0.0257. The van der Waals surface area contributed by atoms with E-state index in [4.69, 9.17) is 18.9 Å². The third-order valence-electron chi connectivity index (χ3n) is 8.40. The van der Waals surface area contributed by atoms with E-state index in [9.17, 15) is 30.0 Å². The number of ether oxygens (including phenoxy) is 4. The summed E-state index contributed by atoms with van der Waals surface area (Å²) in [6.45, 7) is 3.09. The van der Waals surface area contributed by atoms with Crippen LogP contribution in [0.25, 0.3) is 0 Å². The predicted octanol–water partition coefficient (Wildman–Crippen LogP) is 7.27. The fraction of sp³-hybridized carbons (Fsp3) is 0.667. The molecule has 52 heavy (non-hydrogen) atoms. The Morgan fingerprint density at radius 3 is 1.83 bits per heavy atom. The molecule has 3 unspecified atom stereocenters. The van der Waals surface area contributed by atoms with Crippen LogP contribution in [0.15, 0.2) is 72.9 Å². The van der Waals surface area contributed by atoms with E-state index in [1.807, 2.05) is 18.2 Å². The molecule has 0 saturated carbocycles. The number of rotatable bonds is 30. The lowest BCUT2D eigenvalue weighted by Gasteiger charge is -2.39. The molecule has 0 radical (unpaired) electrons. The van der Waals surface area contributed by atoms with Crippen molar-refractivity contribution in [2.24, 2.45) is 0 Å². The lowest BCUT2D eigenvalue weighted by molar-refractivity contribution is -0.305. The molecule has 0 aromatic rings. The Morgan fingerprint density at radius 1 is 0.615 bits per heavy atom. The molecule has 10 nitrogen and oxygen atoms in total. The average molecular weight is 733 g/mol. The summed E-state index contributed by atoms with van der Waals surface area (Å²) in [5.74, 6) is -0.868. The first-order chi connectivity index (χ1) is 25.3. The normalized spacial score (nSPS) is 21.8. The van der Waals surface area contributed by atoms with Gasteiger partial charge in [-0.25, -0.2) is 0 Å². The van der Waals surface area contributed by atoms with Crippen LogP contribution in [0.3, 0.4) is 0 Å². The number of esters is 2. The highest BCUT2D eigenvalue weighted by Gasteiger charge is 2.44. The maximum Gasteiger partial charge on any atom is 0.306 e. The lowest BCUT2D eigenvalue weighted by atomic mass is 9.99. The molecular formula is C42H68O10. The van der Waals surface area contributed by atoms with Crippen LogP contribution in [0.4, 0.5) is 0 Å².